The minimum atomic E-state index is -2.82. The van der Waals surface area contributed by atoms with Crippen molar-refractivity contribution in [1.29, 1.82) is 0 Å². The highest BCUT2D eigenvalue weighted by molar-refractivity contribution is 7.91. The van der Waals surface area contributed by atoms with E-state index in [1.54, 1.807) is 0 Å². The second-order valence-corrected chi connectivity index (χ2v) is 7.76. The first-order chi connectivity index (χ1) is 8.07. The van der Waals surface area contributed by atoms with Crippen molar-refractivity contribution in [2.75, 3.05) is 35.2 Å². The molecular weight excluding hydrogens is 258 g/mol. The third-order valence-corrected chi connectivity index (χ3v) is 5.90. The Balaban J connectivity index is 1.85. The number of sulfone groups is 1. The maximum atomic E-state index is 11.4. The van der Waals surface area contributed by atoms with Crippen molar-refractivity contribution < 1.29 is 8.42 Å². The number of hydrogen-bond acceptors (Lipinski definition) is 6. The van der Waals surface area contributed by atoms with Gasteiger partial charge in [0.2, 0.25) is 0 Å². The SMILES string of the molecule is Nc1nsc(N2CCS(=O)(=O)CC2)c1C1CC1. The Morgan fingerprint density at radius 3 is 2.53 bits per heavy atom. The number of hydrogen-bond donors (Lipinski definition) is 1. The molecule has 0 bridgehead atoms. The third-order valence-electron chi connectivity index (χ3n) is 3.35. The summed E-state index contributed by atoms with van der Waals surface area (Å²) in [6, 6.07) is 0. The van der Waals surface area contributed by atoms with Gasteiger partial charge >= 0.3 is 0 Å². The van der Waals surface area contributed by atoms with Crippen molar-refractivity contribution in [2.45, 2.75) is 18.8 Å². The fourth-order valence-corrected chi connectivity index (χ4v) is 4.35. The first-order valence-electron chi connectivity index (χ1n) is 5.77. The Bertz CT molecular complexity index is 520. The lowest BCUT2D eigenvalue weighted by Gasteiger charge is -2.28. The normalized spacial score (nSPS) is 23.9. The first kappa shape index (κ1) is 11.3. The van der Waals surface area contributed by atoms with Gasteiger partial charge in [-0.2, -0.15) is 4.37 Å². The van der Waals surface area contributed by atoms with Crippen molar-refractivity contribution in [1.82, 2.24) is 4.37 Å². The van der Waals surface area contributed by atoms with Gasteiger partial charge in [-0.25, -0.2) is 8.42 Å². The maximum Gasteiger partial charge on any atom is 0.153 e. The molecule has 0 amide bonds. The minimum Gasteiger partial charge on any atom is -0.383 e. The van der Waals surface area contributed by atoms with E-state index in [2.05, 4.69) is 9.27 Å². The van der Waals surface area contributed by atoms with Gasteiger partial charge < -0.3 is 10.6 Å². The van der Waals surface area contributed by atoms with Crippen LogP contribution in [0.25, 0.3) is 0 Å². The predicted octanol–water partition coefficient (Wildman–Crippen LogP) is 0.837. The molecular formula is C10H15N3O2S2. The molecule has 2 heterocycles. The summed E-state index contributed by atoms with van der Waals surface area (Å²) in [5, 5.41) is 1.10. The van der Waals surface area contributed by atoms with Gasteiger partial charge in [-0.3, -0.25) is 0 Å². The average molecular weight is 273 g/mol. The molecule has 2 fully saturated rings. The molecule has 2 aliphatic rings. The summed E-state index contributed by atoms with van der Waals surface area (Å²) in [6.45, 7) is 1.15. The lowest BCUT2D eigenvalue weighted by molar-refractivity contribution is 0.587. The quantitative estimate of drug-likeness (QED) is 0.864. The van der Waals surface area contributed by atoms with Crippen LogP contribution < -0.4 is 10.6 Å². The summed E-state index contributed by atoms with van der Waals surface area (Å²) in [5.41, 5.74) is 7.06. The van der Waals surface area contributed by atoms with Crippen LogP contribution in [0.1, 0.15) is 24.3 Å². The van der Waals surface area contributed by atoms with E-state index in [1.165, 1.54) is 24.4 Å². The van der Waals surface area contributed by atoms with E-state index in [-0.39, 0.29) is 11.5 Å². The molecule has 2 N–H and O–H groups in total. The largest absolute Gasteiger partial charge is 0.383 e. The Kier molecular flexibility index (Phi) is 2.55. The van der Waals surface area contributed by atoms with Crippen LogP contribution in [-0.2, 0) is 9.84 Å². The number of nitrogens with zero attached hydrogens (tertiary/aromatic N) is 2. The fraction of sp³-hybridized carbons (Fsp3) is 0.700. The highest BCUT2D eigenvalue weighted by atomic mass is 32.2. The topological polar surface area (TPSA) is 76.3 Å². The van der Waals surface area contributed by atoms with Gasteiger partial charge in [-0.1, -0.05) is 0 Å². The van der Waals surface area contributed by atoms with Crippen LogP contribution >= 0.6 is 11.5 Å². The van der Waals surface area contributed by atoms with Gasteiger partial charge in [0.25, 0.3) is 0 Å². The van der Waals surface area contributed by atoms with Gasteiger partial charge in [0.05, 0.1) is 11.5 Å². The number of rotatable bonds is 2. The number of nitrogens with two attached hydrogens (primary N) is 1. The van der Waals surface area contributed by atoms with Gasteiger partial charge in [0, 0.05) is 18.7 Å². The molecule has 0 unspecified atom stereocenters. The molecule has 1 aromatic rings. The second kappa shape index (κ2) is 3.84. The van der Waals surface area contributed by atoms with E-state index >= 15 is 0 Å². The maximum absolute atomic E-state index is 11.4. The molecule has 17 heavy (non-hydrogen) atoms. The Morgan fingerprint density at radius 1 is 1.29 bits per heavy atom. The zero-order valence-electron chi connectivity index (χ0n) is 9.42. The summed E-state index contributed by atoms with van der Waals surface area (Å²) in [5.74, 6) is 1.69. The summed E-state index contributed by atoms with van der Waals surface area (Å²) >= 11 is 1.41. The molecule has 94 valence electrons. The molecule has 1 saturated heterocycles. The minimum absolute atomic E-state index is 0.245. The molecule has 0 spiro atoms. The molecule has 0 aromatic carbocycles. The van der Waals surface area contributed by atoms with Crippen LogP contribution in [0.3, 0.4) is 0 Å². The van der Waals surface area contributed by atoms with E-state index in [9.17, 15) is 8.42 Å². The molecule has 3 rings (SSSR count). The van der Waals surface area contributed by atoms with Crippen LogP contribution in [0.15, 0.2) is 0 Å². The van der Waals surface area contributed by atoms with Crippen LogP contribution in [0.2, 0.25) is 0 Å². The highest BCUT2D eigenvalue weighted by Crippen LogP contribution is 2.48. The number of aromatic nitrogens is 1. The summed E-state index contributed by atoms with van der Waals surface area (Å²) in [4.78, 5) is 2.13. The number of anilines is 2. The molecule has 0 radical (unpaired) electrons. The number of nitrogen functional groups attached to an aromatic ring is 1. The lowest BCUT2D eigenvalue weighted by Crippen LogP contribution is -2.40. The fourth-order valence-electron chi connectivity index (χ4n) is 2.20. The molecule has 7 heteroatoms. The lowest BCUT2D eigenvalue weighted by atomic mass is 10.2. The van der Waals surface area contributed by atoms with E-state index in [4.69, 9.17) is 5.73 Å². The zero-order chi connectivity index (χ0) is 12.0. The molecule has 1 aliphatic carbocycles. The van der Waals surface area contributed by atoms with Crippen molar-refractivity contribution in [3.63, 3.8) is 0 Å². The van der Waals surface area contributed by atoms with Crippen LogP contribution in [-0.4, -0.2) is 37.4 Å². The summed E-state index contributed by atoms with van der Waals surface area (Å²) in [7, 11) is -2.82. The second-order valence-electron chi connectivity index (χ2n) is 4.70. The van der Waals surface area contributed by atoms with Gasteiger partial charge in [-0.05, 0) is 30.3 Å². The Labute approximate surface area is 105 Å². The van der Waals surface area contributed by atoms with Gasteiger partial charge in [-0.15, -0.1) is 0 Å². The average Bonchev–Trinajstić information content (AvgIpc) is 3.03. The van der Waals surface area contributed by atoms with E-state index in [1.807, 2.05) is 0 Å². The molecule has 1 aliphatic heterocycles. The predicted molar refractivity (Wildman–Crippen MR) is 69.4 cm³/mol. The van der Waals surface area contributed by atoms with E-state index in [0.717, 1.165) is 10.6 Å². The molecule has 1 saturated carbocycles. The summed E-state index contributed by atoms with van der Waals surface area (Å²) < 4.78 is 27.0. The van der Waals surface area contributed by atoms with Crippen molar-refractivity contribution >= 4 is 32.2 Å². The summed E-state index contributed by atoms with van der Waals surface area (Å²) in [6.07, 6.45) is 2.36. The Hall–Kier alpha value is -0.820. The van der Waals surface area contributed by atoms with E-state index < -0.39 is 9.84 Å². The van der Waals surface area contributed by atoms with Crippen molar-refractivity contribution in [2.24, 2.45) is 0 Å². The van der Waals surface area contributed by atoms with Crippen molar-refractivity contribution in [3.05, 3.63) is 5.56 Å². The van der Waals surface area contributed by atoms with E-state index in [0.29, 0.717) is 24.8 Å². The van der Waals surface area contributed by atoms with Gasteiger partial charge in [0.15, 0.2) is 9.84 Å². The molecule has 0 atom stereocenters. The van der Waals surface area contributed by atoms with Crippen LogP contribution in [0, 0.1) is 0 Å². The first-order valence-corrected chi connectivity index (χ1v) is 8.37. The smallest absolute Gasteiger partial charge is 0.153 e. The van der Waals surface area contributed by atoms with Crippen molar-refractivity contribution in [3.8, 4) is 0 Å². The standard InChI is InChI=1S/C10H15N3O2S2/c11-9-8(7-1-2-7)10(16-12-9)13-3-5-17(14,15)6-4-13/h7H,1-6H2,(H2,11,12). The van der Waals surface area contributed by atoms with Crippen LogP contribution in [0.4, 0.5) is 10.8 Å². The highest BCUT2D eigenvalue weighted by Gasteiger charge is 2.33. The monoisotopic (exact) mass is 273 g/mol. The molecule has 1 aromatic heterocycles. The van der Waals surface area contributed by atoms with Gasteiger partial charge in [0.1, 0.15) is 10.8 Å². The van der Waals surface area contributed by atoms with Crippen LogP contribution in [0.5, 0.6) is 0 Å². The molecule has 5 nitrogen and oxygen atoms in total. The third kappa shape index (κ3) is 2.13. The zero-order valence-corrected chi connectivity index (χ0v) is 11.1. The Morgan fingerprint density at radius 2 is 1.94 bits per heavy atom.